The summed E-state index contributed by atoms with van der Waals surface area (Å²) in [5.74, 6) is -7.52. The van der Waals surface area contributed by atoms with Crippen molar-refractivity contribution in [3.63, 3.8) is 0 Å². The maximum absolute atomic E-state index is 12.2. The van der Waals surface area contributed by atoms with Crippen molar-refractivity contribution in [2.75, 3.05) is 0 Å². The lowest BCUT2D eigenvalue weighted by Crippen LogP contribution is -2.42. The standard InChI is InChI=1S/C6H8F4/c7-5(8)3-1-2-4-6(5,9)10/h1-4H2. The van der Waals surface area contributed by atoms with Crippen molar-refractivity contribution < 1.29 is 17.6 Å². The summed E-state index contributed by atoms with van der Waals surface area (Å²) in [6, 6.07) is 0. The molecule has 1 aliphatic carbocycles. The van der Waals surface area contributed by atoms with Gasteiger partial charge >= 0.3 is 11.8 Å². The molecule has 10 heavy (non-hydrogen) atoms. The summed E-state index contributed by atoms with van der Waals surface area (Å²) in [6.45, 7) is 0. The summed E-state index contributed by atoms with van der Waals surface area (Å²) in [4.78, 5) is 0. The first-order chi connectivity index (χ1) is 4.46. The van der Waals surface area contributed by atoms with Crippen molar-refractivity contribution in [2.24, 2.45) is 0 Å². The summed E-state index contributed by atoms with van der Waals surface area (Å²) in [5, 5.41) is 0. The van der Waals surface area contributed by atoms with Gasteiger partial charge < -0.3 is 0 Å². The highest BCUT2D eigenvalue weighted by atomic mass is 19.3. The molecule has 1 fully saturated rings. The van der Waals surface area contributed by atoms with Crippen LogP contribution in [0, 0.1) is 0 Å². The lowest BCUT2D eigenvalue weighted by atomic mass is 9.93. The first kappa shape index (κ1) is 7.82. The first-order valence-electron chi connectivity index (χ1n) is 3.21. The van der Waals surface area contributed by atoms with Crippen LogP contribution >= 0.6 is 0 Å². The molecule has 1 aliphatic rings. The number of hydrogen-bond donors (Lipinski definition) is 0. The summed E-state index contributed by atoms with van der Waals surface area (Å²) >= 11 is 0. The third-order valence-corrected chi connectivity index (χ3v) is 1.77. The Morgan fingerprint density at radius 1 is 0.700 bits per heavy atom. The Morgan fingerprint density at radius 3 is 1.20 bits per heavy atom. The van der Waals surface area contributed by atoms with Gasteiger partial charge in [0, 0.05) is 12.8 Å². The van der Waals surface area contributed by atoms with Gasteiger partial charge in [0.05, 0.1) is 0 Å². The van der Waals surface area contributed by atoms with Gasteiger partial charge in [0.25, 0.3) is 0 Å². The normalized spacial score (nSPS) is 30.0. The molecule has 0 amide bonds. The van der Waals surface area contributed by atoms with E-state index in [4.69, 9.17) is 0 Å². The average molecular weight is 156 g/mol. The minimum Gasteiger partial charge on any atom is -0.200 e. The maximum Gasteiger partial charge on any atom is 0.310 e. The van der Waals surface area contributed by atoms with E-state index >= 15 is 0 Å². The molecule has 0 heterocycles. The van der Waals surface area contributed by atoms with E-state index in [-0.39, 0.29) is 12.8 Å². The minimum atomic E-state index is -3.76. The van der Waals surface area contributed by atoms with Gasteiger partial charge in [-0.15, -0.1) is 0 Å². The van der Waals surface area contributed by atoms with E-state index in [9.17, 15) is 17.6 Å². The van der Waals surface area contributed by atoms with Crippen LogP contribution in [0.4, 0.5) is 17.6 Å². The Kier molecular flexibility index (Phi) is 1.65. The third-order valence-electron chi connectivity index (χ3n) is 1.77. The van der Waals surface area contributed by atoms with Gasteiger partial charge in [-0.05, 0) is 12.8 Å². The van der Waals surface area contributed by atoms with Crippen molar-refractivity contribution >= 4 is 0 Å². The highest BCUT2D eigenvalue weighted by molar-refractivity contribution is 4.88. The van der Waals surface area contributed by atoms with E-state index in [1.807, 2.05) is 0 Å². The van der Waals surface area contributed by atoms with E-state index in [1.54, 1.807) is 0 Å². The molecule has 0 saturated heterocycles. The zero-order valence-electron chi connectivity index (χ0n) is 5.34. The van der Waals surface area contributed by atoms with Crippen molar-refractivity contribution in [2.45, 2.75) is 37.5 Å². The fourth-order valence-electron chi connectivity index (χ4n) is 1.06. The van der Waals surface area contributed by atoms with Gasteiger partial charge in [-0.1, -0.05) is 0 Å². The Hall–Kier alpha value is -0.280. The topological polar surface area (TPSA) is 0 Å². The molecule has 0 nitrogen and oxygen atoms in total. The van der Waals surface area contributed by atoms with Crippen molar-refractivity contribution in [3.8, 4) is 0 Å². The van der Waals surface area contributed by atoms with E-state index in [0.717, 1.165) is 0 Å². The Morgan fingerprint density at radius 2 is 1.00 bits per heavy atom. The summed E-state index contributed by atoms with van der Waals surface area (Å²) in [5.41, 5.74) is 0. The van der Waals surface area contributed by atoms with Crippen molar-refractivity contribution in [1.29, 1.82) is 0 Å². The SMILES string of the molecule is FC1(F)CCCCC1(F)F. The van der Waals surface area contributed by atoms with Crippen LogP contribution in [0.25, 0.3) is 0 Å². The van der Waals surface area contributed by atoms with Crippen LogP contribution in [0.3, 0.4) is 0 Å². The van der Waals surface area contributed by atoms with Crippen LogP contribution in [0.5, 0.6) is 0 Å². The molecular formula is C6H8F4. The second-order valence-electron chi connectivity index (χ2n) is 2.62. The predicted molar refractivity (Wildman–Crippen MR) is 28.4 cm³/mol. The van der Waals surface area contributed by atoms with Gasteiger partial charge in [0.2, 0.25) is 0 Å². The molecule has 0 aromatic rings. The van der Waals surface area contributed by atoms with Gasteiger partial charge in [-0.2, -0.15) is 17.6 Å². The molecule has 1 saturated carbocycles. The molecule has 60 valence electrons. The van der Waals surface area contributed by atoms with Crippen molar-refractivity contribution in [3.05, 3.63) is 0 Å². The van der Waals surface area contributed by atoms with E-state index in [0.29, 0.717) is 0 Å². The van der Waals surface area contributed by atoms with Gasteiger partial charge in [-0.3, -0.25) is 0 Å². The lowest BCUT2D eigenvalue weighted by Gasteiger charge is -2.30. The molecule has 0 bridgehead atoms. The number of alkyl halides is 4. The van der Waals surface area contributed by atoms with Crippen LogP contribution in [0.15, 0.2) is 0 Å². The number of halogens is 4. The first-order valence-corrected chi connectivity index (χ1v) is 3.21. The Bertz CT molecular complexity index is 114. The molecule has 0 aromatic carbocycles. The molecule has 0 unspecified atom stereocenters. The second kappa shape index (κ2) is 2.10. The molecule has 0 radical (unpaired) electrons. The molecule has 0 atom stereocenters. The second-order valence-corrected chi connectivity index (χ2v) is 2.62. The molecule has 4 heteroatoms. The van der Waals surface area contributed by atoms with E-state index < -0.39 is 24.7 Å². The van der Waals surface area contributed by atoms with E-state index in [1.165, 1.54) is 0 Å². The quantitative estimate of drug-likeness (QED) is 0.473. The van der Waals surface area contributed by atoms with Gasteiger partial charge in [0.1, 0.15) is 0 Å². The zero-order valence-corrected chi connectivity index (χ0v) is 5.34. The van der Waals surface area contributed by atoms with Crippen LogP contribution in [0.1, 0.15) is 25.7 Å². The van der Waals surface area contributed by atoms with Crippen LogP contribution < -0.4 is 0 Å². The fourth-order valence-corrected chi connectivity index (χ4v) is 1.06. The van der Waals surface area contributed by atoms with Crippen LogP contribution in [-0.2, 0) is 0 Å². The van der Waals surface area contributed by atoms with Crippen LogP contribution in [0.2, 0.25) is 0 Å². The largest absolute Gasteiger partial charge is 0.310 e. The molecule has 0 aromatic heterocycles. The fraction of sp³-hybridized carbons (Fsp3) is 1.00. The maximum atomic E-state index is 12.2. The number of hydrogen-bond acceptors (Lipinski definition) is 0. The summed E-state index contributed by atoms with van der Waals surface area (Å²) in [6.07, 6.45) is -0.912. The van der Waals surface area contributed by atoms with Crippen molar-refractivity contribution in [1.82, 2.24) is 0 Å². The highest BCUT2D eigenvalue weighted by Crippen LogP contribution is 2.45. The molecular weight excluding hydrogens is 148 g/mol. The molecule has 0 N–H and O–H groups in total. The molecule has 1 rings (SSSR count). The number of rotatable bonds is 0. The average Bonchev–Trinajstić information content (AvgIpc) is 1.77. The van der Waals surface area contributed by atoms with E-state index in [2.05, 4.69) is 0 Å². The lowest BCUT2D eigenvalue weighted by molar-refractivity contribution is -0.228. The van der Waals surface area contributed by atoms with Gasteiger partial charge in [0.15, 0.2) is 0 Å². The van der Waals surface area contributed by atoms with Crippen LogP contribution in [-0.4, -0.2) is 11.8 Å². The Balaban J connectivity index is 2.70. The monoisotopic (exact) mass is 156 g/mol. The minimum absolute atomic E-state index is 0.211. The third kappa shape index (κ3) is 1.11. The molecule has 0 aliphatic heterocycles. The Labute approximate surface area is 56.2 Å². The molecule has 0 spiro atoms. The highest BCUT2D eigenvalue weighted by Gasteiger charge is 2.56. The zero-order chi connectivity index (χ0) is 7.83. The summed E-state index contributed by atoms with van der Waals surface area (Å²) < 4.78 is 48.9. The van der Waals surface area contributed by atoms with Gasteiger partial charge in [-0.25, -0.2) is 0 Å². The smallest absolute Gasteiger partial charge is 0.200 e. The predicted octanol–water partition coefficient (Wildman–Crippen LogP) is 2.83. The summed E-state index contributed by atoms with van der Waals surface area (Å²) in [7, 11) is 0.